The van der Waals surface area contributed by atoms with Crippen LogP contribution in [0.25, 0.3) is 0 Å². The zero-order chi connectivity index (χ0) is 17.7. The lowest BCUT2D eigenvalue weighted by atomic mass is 9.71. The highest BCUT2D eigenvalue weighted by atomic mass is 19.1. The second-order valence-corrected chi connectivity index (χ2v) is 7.90. The van der Waals surface area contributed by atoms with E-state index in [0.717, 1.165) is 0 Å². The fraction of sp³-hybridized carbons (Fsp3) is 0.556. The van der Waals surface area contributed by atoms with Crippen molar-refractivity contribution in [3.8, 4) is 5.75 Å². The first kappa shape index (κ1) is 16.9. The normalized spacial score (nSPS) is 27.0. The number of hydrogen-bond acceptors (Lipinski definition) is 4. The van der Waals surface area contributed by atoms with Crippen LogP contribution in [0.1, 0.15) is 31.1 Å². The third-order valence-corrected chi connectivity index (χ3v) is 4.65. The summed E-state index contributed by atoms with van der Waals surface area (Å²) in [6.45, 7) is 6.74. The van der Waals surface area contributed by atoms with E-state index in [9.17, 15) is 14.0 Å². The lowest BCUT2D eigenvalue weighted by Crippen LogP contribution is -2.54. The number of amides is 1. The Morgan fingerprint density at radius 3 is 2.79 bits per heavy atom. The number of fused-ring (bicyclic) bond motifs is 1. The minimum Gasteiger partial charge on any atom is -0.492 e. The fourth-order valence-corrected chi connectivity index (χ4v) is 3.66. The molecule has 0 aromatic heterocycles. The van der Waals surface area contributed by atoms with Crippen molar-refractivity contribution in [1.29, 1.82) is 0 Å². The van der Waals surface area contributed by atoms with E-state index in [-0.39, 0.29) is 29.4 Å². The maximum Gasteiger partial charge on any atom is 0.226 e. The Morgan fingerprint density at radius 2 is 2.12 bits per heavy atom. The fourth-order valence-electron chi connectivity index (χ4n) is 3.66. The smallest absolute Gasteiger partial charge is 0.226 e. The molecule has 1 N–H and O–H groups in total. The molecule has 2 aliphatic rings. The van der Waals surface area contributed by atoms with E-state index in [1.807, 2.05) is 32.7 Å². The summed E-state index contributed by atoms with van der Waals surface area (Å²) in [5.41, 5.74) is -1.13. The maximum absolute atomic E-state index is 13.6. The molecular weight excluding hydrogens is 311 g/mol. The predicted molar refractivity (Wildman–Crippen MR) is 87.5 cm³/mol. The first-order valence-electron chi connectivity index (χ1n) is 8.10. The molecule has 1 aromatic rings. The number of ketones is 1. The van der Waals surface area contributed by atoms with E-state index in [4.69, 9.17) is 4.74 Å². The van der Waals surface area contributed by atoms with Gasteiger partial charge in [0.15, 0.2) is 5.78 Å². The van der Waals surface area contributed by atoms with Crippen molar-refractivity contribution in [3.05, 3.63) is 29.6 Å². The second-order valence-electron chi connectivity index (χ2n) is 7.90. The van der Waals surface area contributed by atoms with Crippen LogP contribution in [0.15, 0.2) is 18.2 Å². The number of carbonyl (C=O) groups excluding carboxylic acids is 2. The van der Waals surface area contributed by atoms with Gasteiger partial charge in [-0.3, -0.25) is 9.59 Å². The van der Waals surface area contributed by atoms with Crippen molar-refractivity contribution >= 4 is 11.7 Å². The SMILES string of the molecule is CN1C[C@@H](C(=O)NC(C)(C)C)[C@@]2(COc3ccc(F)cc3C2=O)C1. The van der Waals surface area contributed by atoms with E-state index in [1.54, 1.807) is 0 Å². The van der Waals surface area contributed by atoms with Gasteiger partial charge < -0.3 is 15.0 Å². The van der Waals surface area contributed by atoms with Gasteiger partial charge in [-0.15, -0.1) is 0 Å². The van der Waals surface area contributed by atoms with Gasteiger partial charge in [-0.2, -0.15) is 0 Å². The van der Waals surface area contributed by atoms with Crippen LogP contribution in [0.4, 0.5) is 4.39 Å². The molecular formula is C18H23FN2O3. The van der Waals surface area contributed by atoms with Gasteiger partial charge in [0.05, 0.1) is 16.9 Å². The summed E-state index contributed by atoms with van der Waals surface area (Å²) in [7, 11) is 1.88. The van der Waals surface area contributed by atoms with Gasteiger partial charge in [0.25, 0.3) is 0 Å². The number of nitrogens with one attached hydrogen (secondary N) is 1. The van der Waals surface area contributed by atoms with E-state index in [2.05, 4.69) is 5.32 Å². The van der Waals surface area contributed by atoms with Gasteiger partial charge in [-0.1, -0.05) is 0 Å². The van der Waals surface area contributed by atoms with Gasteiger partial charge in [-0.25, -0.2) is 4.39 Å². The lowest BCUT2D eigenvalue weighted by molar-refractivity contribution is -0.129. The average molecular weight is 334 g/mol. The van der Waals surface area contributed by atoms with Crippen molar-refractivity contribution < 1.29 is 18.7 Å². The van der Waals surface area contributed by atoms with Gasteiger partial charge in [-0.05, 0) is 46.0 Å². The number of likely N-dealkylation sites (tertiary alicyclic amines) is 1. The maximum atomic E-state index is 13.6. The average Bonchev–Trinajstić information content (AvgIpc) is 2.80. The van der Waals surface area contributed by atoms with Crippen LogP contribution in [0.3, 0.4) is 0 Å². The minimum absolute atomic E-state index is 0.136. The minimum atomic E-state index is -0.967. The number of halogens is 1. The molecule has 1 aromatic carbocycles. The molecule has 24 heavy (non-hydrogen) atoms. The highest BCUT2D eigenvalue weighted by Gasteiger charge is 2.57. The highest BCUT2D eigenvalue weighted by Crippen LogP contribution is 2.44. The molecule has 1 amide bonds. The molecule has 1 spiro atoms. The lowest BCUT2D eigenvalue weighted by Gasteiger charge is -2.37. The molecule has 1 saturated heterocycles. The molecule has 130 valence electrons. The molecule has 6 heteroatoms. The first-order valence-corrected chi connectivity index (χ1v) is 8.10. The summed E-state index contributed by atoms with van der Waals surface area (Å²) in [5, 5.41) is 2.96. The Bertz CT molecular complexity index is 698. The molecule has 0 unspecified atom stereocenters. The number of benzene rings is 1. The monoisotopic (exact) mass is 334 g/mol. The summed E-state index contributed by atoms with van der Waals surface area (Å²) in [5.74, 6) is -0.989. The zero-order valence-corrected chi connectivity index (χ0v) is 14.5. The van der Waals surface area contributed by atoms with Crippen LogP contribution in [0.2, 0.25) is 0 Å². The molecule has 5 nitrogen and oxygen atoms in total. The molecule has 2 heterocycles. The topological polar surface area (TPSA) is 58.6 Å². The second kappa shape index (κ2) is 5.55. The number of Topliss-reactive ketones (excluding diaryl/α,β-unsaturated/α-hetero) is 1. The largest absolute Gasteiger partial charge is 0.492 e. The van der Waals surface area contributed by atoms with E-state index < -0.39 is 17.2 Å². The number of carbonyl (C=O) groups is 2. The summed E-state index contributed by atoms with van der Waals surface area (Å²) in [4.78, 5) is 27.9. The molecule has 0 radical (unpaired) electrons. The van der Waals surface area contributed by atoms with E-state index in [1.165, 1.54) is 18.2 Å². The Morgan fingerprint density at radius 1 is 1.42 bits per heavy atom. The molecule has 0 aliphatic carbocycles. The third-order valence-electron chi connectivity index (χ3n) is 4.65. The number of ether oxygens (including phenoxy) is 1. The Labute approximate surface area is 141 Å². The number of rotatable bonds is 1. The van der Waals surface area contributed by atoms with Crippen LogP contribution >= 0.6 is 0 Å². The van der Waals surface area contributed by atoms with Crippen LogP contribution in [-0.2, 0) is 4.79 Å². The zero-order valence-electron chi connectivity index (χ0n) is 14.5. The van der Waals surface area contributed by atoms with Crippen LogP contribution in [-0.4, -0.2) is 48.9 Å². The quantitative estimate of drug-likeness (QED) is 0.852. The number of nitrogens with zero attached hydrogens (tertiary/aromatic N) is 1. The first-order chi connectivity index (χ1) is 11.1. The van der Waals surface area contributed by atoms with Crippen molar-refractivity contribution in [3.63, 3.8) is 0 Å². The Kier molecular flexibility index (Phi) is 3.91. The van der Waals surface area contributed by atoms with Gasteiger partial charge >= 0.3 is 0 Å². The number of hydrogen-bond donors (Lipinski definition) is 1. The van der Waals surface area contributed by atoms with Gasteiger partial charge in [0, 0.05) is 18.6 Å². The van der Waals surface area contributed by atoms with Crippen molar-refractivity contribution in [2.45, 2.75) is 26.3 Å². The summed E-state index contributed by atoms with van der Waals surface area (Å²) in [6.07, 6.45) is 0. The molecule has 0 saturated carbocycles. The predicted octanol–water partition coefficient (Wildman–Crippen LogP) is 1.86. The van der Waals surface area contributed by atoms with E-state index in [0.29, 0.717) is 18.8 Å². The summed E-state index contributed by atoms with van der Waals surface area (Å²) in [6, 6.07) is 3.95. The van der Waals surface area contributed by atoms with Gasteiger partial charge in [0.2, 0.25) is 5.91 Å². The standard InChI is InChI=1S/C18H23FN2O3/c1-17(2,3)20-16(23)13-8-21(4)9-18(13)10-24-14-6-5-11(19)7-12(14)15(18)22/h5-7,13H,8-10H2,1-4H3,(H,20,23)/t13-,18-/m0/s1. The van der Waals surface area contributed by atoms with E-state index >= 15 is 0 Å². The van der Waals surface area contributed by atoms with Crippen LogP contribution in [0.5, 0.6) is 5.75 Å². The molecule has 1 fully saturated rings. The van der Waals surface area contributed by atoms with Crippen molar-refractivity contribution in [1.82, 2.24) is 10.2 Å². The Balaban J connectivity index is 1.98. The third kappa shape index (κ3) is 2.79. The molecule has 0 bridgehead atoms. The van der Waals surface area contributed by atoms with Gasteiger partial charge in [0.1, 0.15) is 18.2 Å². The van der Waals surface area contributed by atoms with Crippen molar-refractivity contribution in [2.75, 3.05) is 26.7 Å². The van der Waals surface area contributed by atoms with Crippen molar-refractivity contribution in [2.24, 2.45) is 11.3 Å². The molecule has 2 aliphatic heterocycles. The Hall–Kier alpha value is -1.95. The molecule has 3 rings (SSSR count). The molecule has 2 atom stereocenters. The van der Waals surface area contributed by atoms with Crippen LogP contribution in [0, 0.1) is 17.2 Å². The summed E-state index contributed by atoms with van der Waals surface area (Å²) >= 11 is 0. The highest BCUT2D eigenvalue weighted by molar-refractivity contribution is 6.06. The summed E-state index contributed by atoms with van der Waals surface area (Å²) < 4.78 is 19.4. The van der Waals surface area contributed by atoms with Crippen LogP contribution < -0.4 is 10.1 Å².